The van der Waals surface area contributed by atoms with Crippen LogP contribution in [0.15, 0.2) is 18.2 Å². The van der Waals surface area contributed by atoms with Gasteiger partial charge in [0.2, 0.25) is 5.91 Å². The average Bonchev–Trinajstić information content (AvgIpc) is 3.37. The Balaban J connectivity index is 1.21. The van der Waals surface area contributed by atoms with Crippen LogP contribution in [0, 0.1) is 5.92 Å². The largest absolute Gasteiger partial charge is 0.371 e. The van der Waals surface area contributed by atoms with E-state index in [0.29, 0.717) is 18.8 Å². The number of hydrogen-bond donors (Lipinski definition) is 2. The summed E-state index contributed by atoms with van der Waals surface area (Å²) in [5.74, 6) is 0.200. The topological polar surface area (TPSA) is 76.7 Å². The van der Waals surface area contributed by atoms with Crippen LogP contribution in [0.1, 0.15) is 47.2 Å². The van der Waals surface area contributed by atoms with E-state index in [1.807, 2.05) is 12.1 Å². The Hall–Kier alpha value is -1.92. The number of carbonyl (C=O) groups is 2. The molecular weight excluding hydrogens is 344 g/mol. The number of ether oxygens (including phenoxy) is 2. The van der Waals surface area contributed by atoms with Crippen LogP contribution in [0.4, 0.5) is 0 Å². The fraction of sp³-hybridized carbons (Fsp3) is 0.619. The molecule has 1 aromatic rings. The SMILES string of the molecule is O=C(NC1COC2C(NC(=O)C3CC3)COC12)c1ccc2c(c1)CCCC2. The second-order valence-corrected chi connectivity index (χ2v) is 8.26. The van der Waals surface area contributed by atoms with Crippen molar-refractivity contribution in [2.24, 2.45) is 5.92 Å². The number of benzene rings is 1. The Morgan fingerprint density at radius 1 is 0.889 bits per heavy atom. The number of carbonyl (C=O) groups excluding carboxylic acids is 2. The Bertz CT molecular complexity index is 761. The molecule has 6 heteroatoms. The Morgan fingerprint density at radius 2 is 1.56 bits per heavy atom. The van der Waals surface area contributed by atoms with Crippen molar-refractivity contribution in [2.75, 3.05) is 13.2 Å². The molecule has 0 radical (unpaired) electrons. The molecule has 0 aromatic heterocycles. The molecule has 2 N–H and O–H groups in total. The zero-order valence-electron chi connectivity index (χ0n) is 15.4. The number of nitrogens with one attached hydrogen (secondary N) is 2. The van der Waals surface area contributed by atoms with Crippen LogP contribution in [-0.2, 0) is 27.1 Å². The molecule has 2 heterocycles. The van der Waals surface area contributed by atoms with E-state index >= 15 is 0 Å². The van der Waals surface area contributed by atoms with Gasteiger partial charge in [0.05, 0.1) is 25.3 Å². The second-order valence-electron chi connectivity index (χ2n) is 8.26. The predicted octanol–water partition coefficient (Wildman–Crippen LogP) is 1.36. The standard InChI is InChI=1S/C21H26N2O4/c24-20(13-6-7-13)22-16-10-26-19-17(11-27-18(16)19)23-21(25)15-8-5-12-3-1-2-4-14(12)9-15/h5,8-9,13,16-19H,1-4,6-7,10-11H2,(H,22,24)(H,23,25). The van der Waals surface area contributed by atoms with Gasteiger partial charge in [-0.05, 0) is 61.8 Å². The van der Waals surface area contributed by atoms with Gasteiger partial charge in [0, 0.05) is 11.5 Å². The molecule has 5 rings (SSSR count). The van der Waals surface area contributed by atoms with Crippen molar-refractivity contribution in [3.05, 3.63) is 34.9 Å². The summed E-state index contributed by atoms with van der Waals surface area (Å²) >= 11 is 0. The highest BCUT2D eigenvalue weighted by atomic mass is 16.6. The van der Waals surface area contributed by atoms with Crippen LogP contribution in [0.5, 0.6) is 0 Å². The Kier molecular flexibility index (Phi) is 4.40. The summed E-state index contributed by atoms with van der Waals surface area (Å²) in [4.78, 5) is 24.8. The Labute approximate surface area is 159 Å². The number of amides is 2. The van der Waals surface area contributed by atoms with Crippen molar-refractivity contribution in [3.8, 4) is 0 Å². The maximum absolute atomic E-state index is 12.7. The highest BCUT2D eigenvalue weighted by molar-refractivity contribution is 5.94. The van der Waals surface area contributed by atoms with E-state index in [1.54, 1.807) is 0 Å². The minimum atomic E-state index is -0.198. The molecule has 144 valence electrons. The number of rotatable bonds is 4. The van der Waals surface area contributed by atoms with Crippen molar-refractivity contribution in [1.82, 2.24) is 10.6 Å². The summed E-state index contributed by atoms with van der Waals surface area (Å²) in [6.07, 6.45) is 6.18. The molecule has 1 aromatic carbocycles. The maximum atomic E-state index is 12.7. The summed E-state index contributed by atoms with van der Waals surface area (Å²) in [7, 11) is 0. The van der Waals surface area contributed by atoms with Crippen LogP contribution < -0.4 is 10.6 Å². The Morgan fingerprint density at radius 3 is 2.26 bits per heavy atom. The molecule has 2 amide bonds. The molecule has 2 saturated heterocycles. The summed E-state index contributed by atoms with van der Waals surface area (Å²) in [6.45, 7) is 0.862. The van der Waals surface area contributed by atoms with Gasteiger partial charge >= 0.3 is 0 Å². The van der Waals surface area contributed by atoms with E-state index in [-0.39, 0.29) is 42.0 Å². The quantitative estimate of drug-likeness (QED) is 0.839. The van der Waals surface area contributed by atoms with Crippen molar-refractivity contribution in [1.29, 1.82) is 0 Å². The van der Waals surface area contributed by atoms with Gasteiger partial charge in [-0.2, -0.15) is 0 Å². The molecule has 4 aliphatic rings. The van der Waals surface area contributed by atoms with Gasteiger partial charge < -0.3 is 20.1 Å². The zero-order valence-corrected chi connectivity index (χ0v) is 15.4. The fourth-order valence-electron chi connectivity index (χ4n) is 4.52. The number of hydrogen-bond acceptors (Lipinski definition) is 4. The van der Waals surface area contributed by atoms with Crippen molar-refractivity contribution in [2.45, 2.75) is 62.8 Å². The fourth-order valence-corrected chi connectivity index (χ4v) is 4.52. The molecule has 0 bridgehead atoms. The molecule has 1 saturated carbocycles. The average molecular weight is 370 g/mol. The summed E-state index contributed by atoms with van der Waals surface area (Å²) in [5.41, 5.74) is 3.38. The number of fused-ring (bicyclic) bond motifs is 2. The van der Waals surface area contributed by atoms with Crippen LogP contribution >= 0.6 is 0 Å². The van der Waals surface area contributed by atoms with E-state index in [0.717, 1.165) is 25.7 Å². The lowest BCUT2D eigenvalue weighted by atomic mass is 9.90. The van der Waals surface area contributed by atoms with Gasteiger partial charge in [0.15, 0.2) is 0 Å². The van der Waals surface area contributed by atoms with Gasteiger partial charge in [0.25, 0.3) is 5.91 Å². The minimum Gasteiger partial charge on any atom is -0.371 e. The normalized spacial score (nSPS) is 31.9. The maximum Gasteiger partial charge on any atom is 0.251 e. The molecule has 4 atom stereocenters. The van der Waals surface area contributed by atoms with Gasteiger partial charge in [0.1, 0.15) is 12.2 Å². The first-order valence-corrected chi connectivity index (χ1v) is 10.2. The lowest BCUT2D eigenvalue weighted by Crippen LogP contribution is -2.47. The molecule has 27 heavy (non-hydrogen) atoms. The molecule has 4 unspecified atom stereocenters. The number of aryl methyl sites for hydroxylation is 2. The van der Waals surface area contributed by atoms with E-state index in [9.17, 15) is 9.59 Å². The highest BCUT2D eigenvalue weighted by Gasteiger charge is 2.49. The zero-order chi connectivity index (χ0) is 18.4. The van der Waals surface area contributed by atoms with Crippen LogP contribution in [0.2, 0.25) is 0 Å². The summed E-state index contributed by atoms with van der Waals surface area (Å²) in [6, 6.07) is 5.74. The van der Waals surface area contributed by atoms with Crippen LogP contribution in [0.3, 0.4) is 0 Å². The first kappa shape index (κ1) is 17.2. The summed E-state index contributed by atoms with van der Waals surface area (Å²) < 4.78 is 11.8. The predicted molar refractivity (Wildman–Crippen MR) is 98.5 cm³/mol. The van der Waals surface area contributed by atoms with E-state index < -0.39 is 0 Å². The van der Waals surface area contributed by atoms with Crippen molar-refractivity contribution in [3.63, 3.8) is 0 Å². The molecule has 3 fully saturated rings. The second kappa shape index (κ2) is 6.91. The van der Waals surface area contributed by atoms with Crippen LogP contribution in [-0.4, -0.2) is 49.3 Å². The van der Waals surface area contributed by atoms with E-state index in [4.69, 9.17) is 9.47 Å². The third-order valence-electron chi connectivity index (χ3n) is 6.26. The molecule has 2 aliphatic carbocycles. The molecular formula is C21H26N2O4. The lowest BCUT2D eigenvalue weighted by Gasteiger charge is -2.19. The molecule has 0 spiro atoms. The van der Waals surface area contributed by atoms with E-state index in [1.165, 1.54) is 24.0 Å². The third kappa shape index (κ3) is 3.36. The van der Waals surface area contributed by atoms with E-state index in [2.05, 4.69) is 16.7 Å². The van der Waals surface area contributed by atoms with Gasteiger partial charge in [-0.3, -0.25) is 9.59 Å². The van der Waals surface area contributed by atoms with Crippen LogP contribution in [0.25, 0.3) is 0 Å². The smallest absolute Gasteiger partial charge is 0.251 e. The highest BCUT2D eigenvalue weighted by Crippen LogP contribution is 2.31. The first-order valence-electron chi connectivity index (χ1n) is 10.2. The van der Waals surface area contributed by atoms with Crippen molar-refractivity contribution < 1.29 is 19.1 Å². The molecule has 6 nitrogen and oxygen atoms in total. The first-order chi connectivity index (χ1) is 13.2. The minimum absolute atomic E-state index is 0.0771. The van der Waals surface area contributed by atoms with Crippen molar-refractivity contribution >= 4 is 11.8 Å². The van der Waals surface area contributed by atoms with Gasteiger partial charge in [-0.1, -0.05) is 6.07 Å². The summed E-state index contributed by atoms with van der Waals surface area (Å²) in [5, 5.41) is 6.13. The molecule has 2 aliphatic heterocycles. The van der Waals surface area contributed by atoms with Gasteiger partial charge in [-0.25, -0.2) is 0 Å². The monoisotopic (exact) mass is 370 g/mol. The lowest BCUT2D eigenvalue weighted by molar-refractivity contribution is -0.123. The third-order valence-corrected chi connectivity index (χ3v) is 6.26. The van der Waals surface area contributed by atoms with Gasteiger partial charge in [-0.15, -0.1) is 0 Å².